The van der Waals surface area contributed by atoms with E-state index < -0.39 is 5.97 Å². The van der Waals surface area contributed by atoms with Crippen molar-refractivity contribution in [1.29, 1.82) is 0 Å². The second kappa shape index (κ2) is 7.46. The topological polar surface area (TPSA) is 49.8 Å². The number of rotatable bonds is 6. The molecule has 0 atom stereocenters. The van der Waals surface area contributed by atoms with Crippen molar-refractivity contribution >= 4 is 5.97 Å². The van der Waals surface area contributed by atoms with Gasteiger partial charge in [-0.15, -0.1) is 0 Å². The average Bonchev–Trinajstić information content (AvgIpc) is 2.47. The lowest BCUT2D eigenvalue weighted by Crippen LogP contribution is -2.35. The molecule has 1 N–H and O–H groups in total. The van der Waals surface area contributed by atoms with Gasteiger partial charge in [-0.2, -0.15) is 0 Å². The third-order valence-corrected chi connectivity index (χ3v) is 3.88. The van der Waals surface area contributed by atoms with Crippen LogP contribution in [0, 0.1) is 11.8 Å². The summed E-state index contributed by atoms with van der Waals surface area (Å²) in [7, 11) is 0. The first-order valence-corrected chi connectivity index (χ1v) is 7.72. The van der Waals surface area contributed by atoms with Gasteiger partial charge in [-0.1, -0.05) is 32.0 Å². The van der Waals surface area contributed by atoms with Gasteiger partial charge in [-0.25, -0.2) is 0 Å². The Morgan fingerprint density at radius 2 is 2.00 bits per heavy atom. The van der Waals surface area contributed by atoms with Crippen LogP contribution in [0.15, 0.2) is 24.3 Å². The molecule has 1 fully saturated rings. The third kappa shape index (κ3) is 4.74. The predicted octanol–water partition coefficient (Wildman–Crippen LogP) is 3.02. The Hall–Kier alpha value is -1.55. The third-order valence-electron chi connectivity index (χ3n) is 3.88. The van der Waals surface area contributed by atoms with E-state index in [1.54, 1.807) is 0 Å². The Morgan fingerprint density at radius 3 is 2.62 bits per heavy atom. The lowest BCUT2D eigenvalue weighted by molar-refractivity contribution is -0.143. The van der Waals surface area contributed by atoms with E-state index in [0.29, 0.717) is 5.92 Å². The number of carboxylic acid groups (broad SMARTS) is 1. The molecule has 0 bridgehead atoms. The Bertz CT molecular complexity index is 465. The minimum absolute atomic E-state index is 0.173. The van der Waals surface area contributed by atoms with Crippen molar-refractivity contribution in [2.45, 2.75) is 33.2 Å². The summed E-state index contributed by atoms with van der Waals surface area (Å²) in [5.41, 5.74) is 1.19. The van der Waals surface area contributed by atoms with Crippen molar-refractivity contribution < 1.29 is 14.6 Å². The van der Waals surface area contributed by atoms with Gasteiger partial charge in [0.05, 0.1) is 12.5 Å². The largest absolute Gasteiger partial charge is 0.493 e. The van der Waals surface area contributed by atoms with Gasteiger partial charge in [0.15, 0.2) is 0 Å². The quantitative estimate of drug-likeness (QED) is 0.875. The van der Waals surface area contributed by atoms with Crippen LogP contribution in [0.2, 0.25) is 0 Å². The average molecular weight is 291 g/mol. The van der Waals surface area contributed by atoms with Gasteiger partial charge in [0.1, 0.15) is 5.75 Å². The van der Waals surface area contributed by atoms with Gasteiger partial charge in [0, 0.05) is 12.1 Å². The fraction of sp³-hybridized carbons (Fsp3) is 0.588. The van der Waals surface area contributed by atoms with E-state index in [4.69, 9.17) is 9.84 Å². The number of hydrogen-bond donors (Lipinski definition) is 1. The van der Waals surface area contributed by atoms with Gasteiger partial charge in [-0.05, 0) is 37.9 Å². The summed E-state index contributed by atoms with van der Waals surface area (Å²) in [5.74, 6) is 0.625. The normalized spacial score (nSPS) is 17.1. The van der Waals surface area contributed by atoms with Crippen LogP contribution in [0.4, 0.5) is 0 Å². The fourth-order valence-corrected chi connectivity index (χ4v) is 2.61. The van der Waals surface area contributed by atoms with Crippen LogP contribution in [0.25, 0.3) is 0 Å². The molecule has 1 aromatic rings. The van der Waals surface area contributed by atoms with Crippen LogP contribution in [-0.2, 0) is 11.3 Å². The van der Waals surface area contributed by atoms with Crippen molar-refractivity contribution in [3.8, 4) is 5.75 Å². The highest BCUT2D eigenvalue weighted by atomic mass is 16.5. The predicted molar refractivity (Wildman–Crippen MR) is 82.4 cm³/mol. The summed E-state index contributed by atoms with van der Waals surface area (Å²) in [6, 6.07) is 8.14. The highest BCUT2D eigenvalue weighted by Crippen LogP contribution is 2.24. The van der Waals surface area contributed by atoms with Crippen molar-refractivity contribution in [3.05, 3.63) is 29.8 Å². The van der Waals surface area contributed by atoms with E-state index in [0.717, 1.165) is 44.8 Å². The molecule has 4 heteroatoms. The van der Waals surface area contributed by atoms with E-state index >= 15 is 0 Å². The molecule has 1 saturated heterocycles. The summed E-state index contributed by atoms with van der Waals surface area (Å²) < 4.78 is 5.88. The summed E-state index contributed by atoms with van der Waals surface area (Å²) in [4.78, 5) is 13.3. The van der Waals surface area contributed by atoms with Gasteiger partial charge in [-0.3, -0.25) is 9.69 Å². The standard InChI is InChI=1S/C17H25NO3/c1-13(2)12-21-16-6-4-3-5-15(16)11-18-9-7-14(8-10-18)17(19)20/h3-6,13-14H,7-12H2,1-2H3,(H,19,20). The van der Waals surface area contributed by atoms with E-state index in [1.165, 1.54) is 5.56 Å². The summed E-state index contributed by atoms with van der Waals surface area (Å²) >= 11 is 0. The van der Waals surface area contributed by atoms with Crippen LogP contribution in [-0.4, -0.2) is 35.7 Å². The Balaban J connectivity index is 1.92. The number of carboxylic acids is 1. The molecule has 0 radical (unpaired) electrons. The smallest absolute Gasteiger partial charge is 0.306 e. The highest BCUT2D eigenvalue weighted by Gasteiger charge is 2.24. The molecular weight excluding hydrogens is 266 g/mol. The molecule has 0 aromatic heterocycles. The maximum Gasteiger partial charge on any atom is 0.306 e. The van der Waals surface area contributed by atoms with Gasteiger partial charge in [0.25, 0.3) is 0 Å². The molecule has 4 nitrogen and oxygen atoms in total. The molecule has 116 valence electrons. The molecule has 1 aliphatic heterocycles. The lowest BCUT2D eigenvalue weighted by Gasteiger charge is -2.30. The molecule has 0 unspecified atom stereocenters. The number of para-hydroxylation sites is 1. The number of carbonyl (C=O) groups is 1. The first-order chi connectivity index (χ1) is 10.1. The van der Waals surface area contributed by atoms with E-state index in [-0.39, 0.29) is 5.92 Å². The number of nitrogens with zero attached hydrogens (tertiary/aromatic N) is 1. The van der Waals surface area contributed by atoms with Crippen LogP contribution < -0.4 is 4.74 Å². The molecule has 21 heavy (non-hydrogen) atoms. The molecule has 1 heterocycles. The second-order valence-corrected chi connectivity index (χ2v) is 6.20. The molecule has 0 spiro atoms. The van der Waals surface area contributed by atoms with Crippen molar-refractivity contribution in [2.24, 2.45) is 11.8 Å². The van der Waals surface area contributed by atoms with E-state index in [1.807, 2.05) is 18.2 Å². The minimum Gasteiger partial charge on any atom is -0.493 e. The van der Waals surface area contributed by atoms with Crippen LogP contribution in [0.3, 0.4) is 0 Å². The molecule has 1 aliphatic rings. The van der Waals surface area contributed by atoms with Gasteiger partial charge in [0.2, 0.25) is 0 Å². The van der Waals surface area contributed by atoms with E-state index in [9.17, 15) is 4.79 Å². The maximum atomic E-state index is 11.0. The minimum atomic E-state index is -0.657. The number of hydrogen-bond acceptors (Lipinski definition) is 3. The van der Waals surface area contributed by atoms with Crippen molar-refractivity contribution in [1.82, 2.24) is 4.90 Å². The van der Waals surface area contributed by atoms with Crippen molar-refractivity contribution in [3.63, 3.8) is 0 Å². The Morgan fingerprint density at radius 1 is 1.33 bits per heavy atom. The monoisotopic (exact) mass is 291 g/mol. The SMILES string of the molecule is CC(C)COc1ccccc1CN1CCC(C(=O)O)CC1. The van der Waals surface area contributed by atoms with E-state index in [2.05, 4.69) is 24.8 Å². The highest BCUT2D eigenvalue weighted by molar-refractivity contribution is 5.70. The molecule has 0 amide bonds. The molecule has 0 saturated carbocycles. The van der Waals surface area contributed by atoms with Gasteiger partial charge >= 0.3 is 5.97 Å². The number of piperidine rings is 1. The molecule has 0 aliphatic carbocycles. The number of likely N-dealkylation sites (tertiary alicyclic amines) is 1. The summed E-state index contributed by atoms with van der Waals surface area (Å²) in [6.45, 7) is 7.52. The number of benzene rings is 1. The maximum absolute atomic E-state index is 11.0. The Labute approximate surface area is 126 Å². The van der Waals surface area contributed by atoms with Crippen molar-refractivity contribution in [2.75, 3.05) is 19.7 Å². The zero-order chi connectivity index (χ0) is 15.2. The summed E-state index contributed by atoms with van der Waals surface area (Å²) in [5, 5.41) is 9.04. The molecule has 1 aromatic carbocycles. The first-order valence-electron chi connectivity index (χ1n) is 7.72. The first kappa shape index (κ1) is 15.8. The summed E-state index contributed by atoms with van der Waals surface area (Å²) in [6.07, 6.45) is 1.48. The zero-order valence-electron chi connectivity index (χ0n) is 12.9. The molecule has 2 rings (SSSR count). The van der Waals surface area contributed by atoms with Crippen LogP contribution >= 0.6 is 0 Å². The number of ether oxygens (including phenoxy) is 1. The fourth-order valence-electron chi connectivity index (χ4n) is 2.61. The second-order valence-electron chi connectivity index (χ2n) is 6.20. The number of aliphatic carboxylic acids is 1. The lowest BCUT2D eigenvalue weighted by atomic mass is 9.97. The van der Waals surface area contributed by atoms with Crippen LogP contribution in [0.1, 0.15) is 32.3 Å². The zero-order valence-corrected chi connectivity index (χ0v) is 12.9. The van der Waals surface area contributed by atoms with Gasteiger partial charge < -0.3 is 9.84 Å². The molecular formula is C17H25NO3. The van der Waals surface area contributed by atoms with Crippen LogP contribution in [0.5, 0.6) is 5.75 Å². The Kier molecular flexibility index (Phi) is 5.62.